The van der Waals surface area contributed by atoms with Gasteiger partial charge in [-0.25, -0.2) is 4.79 Å². The maximum Gasteiger partial charge on any atom is 0.338 e. The summed E-state index contributed by atoms with van der Waals surface area (Å²) in [7, 11) is 0. The number of ether oxygens (including phenoxy) is 1. The van der Waals surface area contributed by atoms with Gasteiger partial charge in [-0.3, -0.25) is 19.3 Å². The number of esters is 1. The number of nitrogens with zero attached hydrogens (tertiary/aromatic N) is 3. The van der Waals surface area contributed by atoms with Gasteiger partial charge in [-0.1, -0.05) is 11.6 Å². The lowest BCUT2D eigenvalue weighted by Crippen LogP contribution is -2.60. The normalized spacial score (nSPS) is 18.1. The van der Waals surface area contributed by atoms with Crippen molar-refractivity contribution in [1.82, 2.24) is 15.1 Å². The van der Waals surface area contributed by atoms with Gasteiger partial charge < -0.3 is 25.2 Å². The number of carbonyl (C=O) groups is 4. The number of anilines is 2. The predicted octanol–water partition coefficient (Wildman–Crippen LogP) is 1.99. The van der Waals surface area contributed by atoms with E-state index in [0.29, 0.717) is 42.5 Å². The van der Waals surface area contributed by atoms with Crippen molar-refractivity contribution in [2.24, 2.45) is 0 Å². The van der Waals surface area contributed by atoms with Crippen LogP contribution in [0.4, 0.5) is 11.4 Å². The lowest BCUT2D eigenvalue weighted by atomic mass is 10.1. The minimum Gasteiger partial charge on any atom is -0.462 e. The summed E-state index contributed by atoms with van der Waals surface area (Å²) in [6, 6.07) is 13.1. The fourth-order valence-corrected chi connectivity index (χ4v) is 4.73. The second-order valence-corrected chi connectivity index (χ2v) is 9.62. The van der Waals surface area contributed by atoms with Gasteiger partial charge in [0.1, 0.15) is 6.04 Å². The molecule has 2 aliphatic rings. The molecule has 0 spiro atoms. The minimum absolute atomic E-state index is 0.165. The zero-order chi connectivity index (χ0) is 27.1. The van der Waals surface area contributed by atoms with Gasteiger partial charge in [0, 0.05) is 55.7 Å². The summed E-state index contributed by atoms with van der Waals surface area (Å²) in [6.07, 6.45) is -0.165. The Balaban J connectivity index is 1.30. The molecule has 11 heteroatoms. The fraction of sp³-hybridized carbons (Fsp3) is 0.407. The highest BCUT2D eigenvalue weighted by molar-refractivity contribution is 6.30. The van der Waals surface area contributed by atoms with Crippen LogP contribution in [0.3, 0.4) is 0 Å². The van der Waals surface area contributed by atoms with Crippen molar-refractivity contribution in [3.05, 3.63) is 59.1 Å². The third-order valence-corrected chi connectivity index (χ3v) is 6.88. The Morgan fingerprint density at radius 3 is 2.34 bits per heavy atom. The summed E-state index contributed by atoms with van der Waals surface area (Å²) >= 11 is 5.99. The van der Waals surface area contributed by atoms with Crippen molar-refractivity contribution < 1.29 is 23.9 Å². The van der Waals surface area contributed by atoms with E-state index in [1.807, 2.05) is 24.3 Å². The van der Waals surface area contributed by atoms with E-state index in [-0.39, 0.29) is 31.4 Å². The van der Waals surface area contributed by atoms with Gasteiger partial charge in [-0.2, -0.15) is 0 Å². The molecule has 2 saturated heterocycles. The second-order valence-electron chi connectivity index (χ2n) is 9.18. The molecule has 202 valence electrons. The van der Waals surface area contributed by atoms with Crippen LogP contribution in [0.1, 0.15) is 23.7 Å². The first-order valence-electron chi connectivity index (χ1n) is 12.7. The molecule has 0 radical (unpaired) electrons. The molecule has 2 heterocycles. The highest BCUT2D eigenvalue weighted by Crippen LogP contribution is 2.20. The van der Waals surface area contributed by atoms with Crippen molar-refractivity contribution >= 4 is 46.7 Å². The Morgan fingerprint density at radius 2 is 1.68 bits per heavy atom. The molecule has 2 fully saturated rings. The van der Waals surface area contributed by atoms with E-state index in [9.17, 15) is 19.2 Å². The average molecular weight is 542 g/mol. The van der Waals surface area contributed by atoms with Crippen LogP contribution in [-0.2, 0) is 19.1 Å². The molecule has 2 N–H and O–H groups in total. The Hall–Kier alpha value is -3.63. The molecule has 2 aromatic rings. The van der Waals surface area contributed by atoms with Gasteiger partial charge in [0.05, 0.1) is 25.1 Å². The van der Waals surface area contributed by atoms with E-state index in [0.717, 1.165) is 18.8 Å². The van der Waals surface area contributed by atoms with Crippen LogP contribution in [0.15, 0.2) is 48.5 Å². The monoisotopic (exact) mass is 541 g/mol. The van der Waals surface area contributed by atoms with Gasteiger partial charge in [-0.05, 0) is 55.5 Å². The summed E-state index contributed by atoms with van der Waals surface area (Å²) in [5.74, 6) is -1.35. The van der Waals surface area contributed by atoms with E-state index >= 15 is 0 Å². The van der Waals surface area contributed by atoms with Crippen LogP contribution in [0, 0.1) is 0 Å². The molecule has 4 rings (SSSR count). The number of hydrogen-bond acceptors (Lipinski definition) is 7. The zero-order valence-electron chi connectivity index (χ0n) is 21.3. The van der Waals surface area contributed by atoms with E-state index in [1.165, 1.54) is 4.90 Å². The molecule has 0 unspecified atom stereocenters. The van der Waals surface area contributed by atoms with Crippen molar-refractivity contribution in [3.8, 4) is 0 Å². The molecule has 38 heavy (non-hydrogen) atoms. The van der Waals surface area contributed by atoms with Gasteiger partial charge in [0.15, 0.2) is 0 Å². The molecular formula is C27H32ClN5O5. The molecule has 0 aliphatic carbocycles. The number of nitrogens with one attached hydrogen (secondary N) is 2. The third kappa shape index (κ3) is 7.02. The molecule has 0 bridgehead atoms. The molecule has 0 saturated carbocycles. The molecule has 0 aromatic heterocycles. The van der Waals surface area contributed by atoms with Crippen molar-refractivity contribution in [2.75, 3.05) is 62.6 Å². The Labute approximate surface area is 226 Å². The number of halogens is 1. The largest absolute Gasteiger partial charge is 0.462 e. The number of benzene rings is 2. The molecule has 3 amide bonds. The van der Waals surface area contributed by atoms with Crippen LogP contribution in [0.5, 0.6) is 0 Å². The van der Waals surface area contributed by atoms with Crippen LogP contribution < -0.4 is 15.5 Å². The van der Waals surface area contributed by atoms with Crippen LogP contribution in [0.2, 0.25) is 5.02 Å². The van der Waals surface area contributed by atoms with Gasteiger partial charge >= 0.3 is 5.97 Å². The molecule has 10 nitrogen and oxygen atoms in total. The molecule has 1 atom stereocenters. The summed E-state index contributed by atoms with van der Waals surface area (Å²) in [6.45, 7) is 5.86. The first-order valence-corrected chi connectivity index (χ1v) is 13.1. The fourth-order valence-electron chi connectivity index (χ4n) is 4.61. The van der Waals surface area contributed by atoms with Gasteiger partial charge in [0.25, 0.3) is 0 Å². The van der Waals surface area contributed by atoms with Crippen molar-refractivity contribution in [2.45, 2.75) is 19.4 Å². The number of carbonyl (C=O) groups excluding carboxylic acids is 4. The van der Waals surface area contributed by atoms with Crippen LogP contribution in [-0.4, -0.2) is 92.0 Å². The molecular weight excluding hydrogens is 510 g/mol. The van der Waals surface area contributed by atoms with Crippen LogP contribution in [0.25, 0.3) is 0 Å². The predicted molar refractivity (Wildman–Crippen MR) is 144 cm³/mol. The van der Waals surface area contributed by atoms with E-state index in [1.54, 1.807) is 31.2 Å². The summed E-state index contributed by atoms with van der Waals surface area (Å²) in [5, 5.41) is 6.19. The van der Waals surface area contributed by atoms with Crippen molar-refractivity contribution in [3.63, 3.8) is 0 Å². The first-order chi connectivity index (χ1) is 18.3. The third-order valence-electron chi connectivity index (χ3n) is 6.63. The quantitative estimate of drug-likeness (QED) is 0.492. The summed E-state index contributed by atoms with van der Waals surface area (Å²) in [5.41, 5.74) is 1.95. The number of amides is 3. The molecule has 2 aromatic carbocycles. The smallest absolute Gasteiger partial charge is 0.338 e. The highest BCUT2D eigenvalue weighted by Gasteiger charge is 2.35. The first kappa shape index (κ1) is 27.4. The van der Waals surface area contributed by atoms with E-state index in [4.69, 9.17) is 16.3 Å². The lowest BCUT2D eigenvalue weighted by molar-refractivity contribution is -0.145. The Bertz CT molecular complexity index is 1150. The van der Waals surface area contributed by atoms with E-state index < -0.39 is 17.9 Å². The summed E-state index contributed by atoms with van der Waals surface area (Å²) in [4.78, 5) is 56.2. The minimum atomic E-state index is -0.884. The summed E-state index contributed by atoms with van der Waals surface area (Å²) < 4.78 is 4.96. The van der Waals surface area contributed by atoms with Crippen LogP contribution >= 0.6 is 11.6 Å². The average Bonchev–Trinajstić information content (AvgIpc) is 2.91. The van der Waals surface area contributed by atoms with E-state index in [2.05, 4.69) is 20.4 Å². The standard InChI is InChI=1S/C27H32ClN5O5/c1-2-38-27(37)19-3-7-21(8-4-19)30-24(34)17-23-26(36)29-11-12-33(23)25(35)18-31-13-15-32(16-14-31)22-9-5-20(28)6-10-22/h3-10,23H,2,11-18H2,1H3,(H,29,36)(H,30,34)/t23-/m0/s1. The topological polar surface area (TPSA) is 111 Å². The Kier molecular flexibility index (Phi) is 9.19. The van der Waals surface area contributed by atoms with Gasteiger partial charge in [0.2, 0.25) is 17.7 Å². The number of hydrogen-bond donors (Lipinski definition) is 2. The van der Waals surface area contributed by atoms with Gasteiger partial charge in [-0.15, -0.1) is 0 Å². The maximum absolute atomic E-state index is 13.2. The zero-order valence-corrected chi connectivity index (χ0v) is 22.1. The number of rotatable bonds is 8. The highest BCUT2D eigenvalue weighted by atomic mass is 35.5. The Morgan fingerprint density at radius 1 is 1.00 bits per heavy atom. The number of piperazine rings is 2. The lowest BCUT2D eigenvalue weighted by Gasteiger charge is -2.39. The SMILES string of the molecule is CCOC(=O)c1ccc(NC(=O)C[C@H]2C(=O)NCCN2C(=O)CN2CCN(c3ccc(Cl)cc3)CC2)cc1. The second kappa shape index (κ2) is 12.7. The maximum atomic E-state index is 13.2. The van der Waals surface area contributed by atoms with Crippen molar-refractivity contribution in [1.29, 1.82) is 0 Å². The molecule has 2 aliphatic heterocycles.